The predicted molar refractivity (Wildman–Crippen MR) is 93.6 cm³/mol. The van der Waals surface area contributed by atoms with Crippen LogP contribution in [0.1, 0.15) is 11.1 Å². The second-order valence-corrected chi connectivity index (χ2v) is 6.09. The van der Waals surface area contributed by atoms with E-state index in [4.69, 9.17) is 0 Å². The summed E-state index contributed by atoms with van der Waals surface area (Å²) in [6.45, 7) is 5.42. The lowest BCUT2D eigenvalue weighted by atomic mass is 10.1. The van der Waals surface area contributed by atoms with Gasteiger partial charge in [0.05, 0.1) is 0 Å². The third-order valence-electron chi connectivity index (χ3n) is 4.32. The minimum Gasteiger partial charge on any atom is -0.368 e. The van der Waals surface area contributed by atoms with Crippen molar-refractivity contribution >= 4 is 11.7 Å². The number of benzene rings is 2. The van der Waals surface area contributed by atoms with Gasteiger partial charge in [-0.2, -0.15) is 0 Å². The zero-order valence-corrected chi connectivity index (χ0v) is 13.8. The normalized spacial score (nSPS) is 14.6. The van der Waals surface area contributed by atoms with Crippen LogP contribution in [0.15, 0.2) is 48.5 Å². The van der Waals surface area contributed by atoms with Crippen LogP contribution in [0.4, 0.5) is 14.9 Å². The van der Waals surface area contributed by atoms with E-state index >= 15 is 0 Å². The number of rotatable bonds is 3. The molecule has 0 radical (unpaired) electrons. The number of anilines is 1. The summed E-state index contributed by atoms with van der Waals surface area (Å²) < 4.78 is 13.0. The molecule has 1 saturated heterocycles. The van der Waals surface area contributed by atoms with Gasteiger partial charge in [-0.05, 0) is 36.8 Å². The van der Waals surface area contributed by atoms with Gasteiger partial charge in [0.25, 0.3) is 0 Å². The first-order chi connectivity index (χ1) is 11.6. The van der Waals surface area contributed by atoms with E-state index in [0.29, 0.717) is 19.6 Å². The van der Waals surface area contributed by atoms with E-state index < -0.39 is 0 Å². The van der Waals surface area contributed by atoms with Gasteiger partial charge in [-0.1, -0.05) is 29.8 Å². The summed E-state index contributed by atoms with van der Waals surface area (Å²) in [4.78, 5) is 16.3. The molecule has 0 atom stereocenters. The molecule has 4 nitrogen and oxygen atoms in total. The Kier molecular flexibility index (Phi) is 4.99. The number of aryl methyl sites for hydroxylation is 1. The maximum atomic E-state index is 13.0. The third-order valence-corrected chi connectivity index (χ3v) is 4.32. The zero-order chi connectivity index (χ0) is 16.9. The number of carbonyl (C=O) groups excluding carboxylic acids is 1. The predicted octanol–water partition coefficient (Wildman–Crippen LogP) is 3.17. The van der Waals surface area contributed by atoms with Crippen LogP contribution in [0.25, 0.3) is 0 Å². The summed E-state index contributed by atoms with van der Waals surface area (Å²) >= 11 is 0. The Balaban J connectivity index is 1.48. The van der Waals surface area contributed by atoms with Gasteiger partial charge < -0.3 is 15.1 Å². The van der Waals surface area contributed by atoms with E-state index in [0.717, 1.165) is 24.3 Å². The van der Waals surface area contributed by atoms with E-state index in [2.05, 4.69) is 10.2 Å². The summed E-state index contributed by atoms with van der Waals surface area (Å²) in [5, 5.41) is 2.97. The van der Waals surface area contributed by atoms with E-state index in [1.807, 2.05) is 36.1 Å². The Labute approximate surface area is 141 Å². The molecule has 2 aromatic carbocycles. The molecule has 2 aromatic rings. The van der Waals surface area contributed by atoms with E-state index in [9.17, 15) is 9.18 Å². The summed E-state index contributed by atoms with van der Waals surface area (Å²) in [5.74, 6) is -0.229. The monoisotopic (exact) mass is 327 g/mol. The Morgan fingerprint density at radius 2 is 1.62 bits per heavy atom. The second kappa shape index (κ2) is 7.34. The minimum atomic E-state index is -0.229. The first-order valence-electron chi connectivity index (χ1n) is 8.21. The van der Waals surface area contributed by atoms with Crippen molar-refractivity contribution in [3.8, 4) is 0 Å². The molecule has 2 amide bonds. The zero-order valence-electron chi connectivity index (χ0n) is 13.8. The standard InChI is InChI=1S/C19H22FN3O/c1-15-2-4-16(5-3-15)14-21-19(24)23-12-10-22(11-13-23)18-8-6-17(20)7-9-18/h2-9H,10-14H2,1H3,(H,21,24). The van der Waals surface area contributed by atoms with Gasteiger partial charge in [0.2, 0.25) is 0 Å². The summed E-state index contributed by atoms with van der Waals surface area (Å²) in [5.41, 5.74) is 3.30. The molecule has 0 aromatic heterocycles. The molecule has 0 bridgehead atoms. The molecule has 1 N–H and O–H groups in total. The first-order valence-corrected chi connectivity index (χ1v) is 8.21. The molecular formula is C19H22FN3O. The lowest BCUT2D eigenvalue weighted by molar-refractivity contribution is 0.194. The van der Waals surface area contributed by atoms with Gasteiger partial charge in [-0.25, -0.2) is 9.18 Å². The molecule has 3 rings (SSSR count). The van der Waals surface area contributed by atoms with Gasteiger partial charge in [0.1, 0.15) is 5.82 Å². The lowest BCUT2D eigenvalue weighted by Crippen LogP contribution is -2.51. The Morgan fingerprint density at radius 3 is 2.25 bits per heavy atom. The van der Waals surface area contributed by atoms with Crippen molar-refractivity contribution in [3.63, 3.8) is 0 Å². The molecule has 24 heavy (non-hydrogen) atoms. The maximum Gasteiger partial charge on any atom is 0.317 e. The summed E-state index contributed by atoms with van der Waals surface area (Å²) in [6.07, 6.45) is 0. The van der Waals surface area contributed by atoms with Crippen LogP contribution in [0.2, 0.25) is 0 Å². The van der Waals surface area contributed by atoms with Crippen molar-refractivity contribution in [1.82, 2.24) is 10.2 Å². The van der Waals surface area contributed by atoms with Crippen LogP contribution in [0.5, 0.6) is 0 Å². The number of piperazine rings is 1. The SMILES string of the molecule is Cc1ccc(CNC(=O)N2CCN(c3ccc(F)cc3)CC2)cc1. The number of carbonyl (C=O) groups is 1. The molecule has 0 spiro atoms. The molecular weight excluding hydrogens is 305 g/mol. The molecule has 1 aliphatic heterocycles. The molecule has 0 aliphatic carbocycles. The highest BCUT2D eigenvalue weighted by molar-refractivity contribution is 5.74. The fourth-order valence-corrected chi connectivity index (χ4v) is 2.82. The smallest absolute Gasteiger partial charge is 0.317 e. The molecule has 5 heteroatoms. The number of hydrogen-bond donors (Lipinski definition) is 1. The van der Waals surface area contributed by atoms with Gasteiger partial charge in [0, 0.05) is 38.4 Å². The van der Waals surface area contributed by atoms with Crippen molar-refractivity contribution < 1.29 is 9.18 Å². The molecule has 1 heterocycles. The number of urea groups is 1. The van der Waals surface area contributed by atoms with Crippen LogP contribution >= 0.6 is 0 Å². The van der Waals surface area contributed by atoms with E-state index in [1.165, 1.54) is 17.7 Å². The molecule has 1 aliphatic rings. The third kappa shape index (κ3) is 4.04. The molecule has 1 fully saturated rings. The largest absolute Gasteiger partial charge is 0.368 e. The van der Waals surface area contributed by atoms with Crippen molar-refractivity contribution in [2.75, 3.05) is 31.1 Å². The quantitative estimate of drug-likeness (QED) is 0.940. The average molecular weight is 327 g/mol. The highest BCUT2D eigenvalue weighted by atomic mass is 19.1. The van der Waals surface area contributed by atoms with E-state index in [-0.39, 0.29) is 11.8 Å². The number of hydrogen-bond acceptors (Lipinski definition) is 2. The highest BCUT2D eigenvalue weighted by Crippen LogP contribution is 2.17. The van der Waals surface area contributed by atoms with Crippen molar-refractivity contribution in [2.45, 2.75) is 13.5 Å². The van der Waals surface area contributed by atoms with Crippen molar-refractivity contribution in [1.29, 1.82) is 0 Å². The Bertz CT molecular complexity index is 677. The van der Waals surface area contributed by atoms with Crippen LogP contribution in [-0.4, -0.2) is 37.1 Å². The Morgan fingerprint density at radius 1 is 1.00 bits per heavy atom. The number of nitrogens with one attached hydrogen (secondary N) is 1. The maximum absolute atomic E-state index is 13.0. The number of amides is 2. The fraction of sp³-hybridized carbons (Fsp3) is 0.316. The molecule has 126 valence electrons. The van der Waals surface area contributed by atoms with Crippen LogP contribution in [0, 0.1) is 12.7 Å². The van der Waals surface area contributed by atoms with Gasteiger partial charge in [0.15, 0.2) is 0 Å². The van der Waals surface area contributed by atoms with Crippen LogP contribution < -0.4 is 10.2 Å². The average Bonchev–Trinajstić information content (AvgIpc) is 2.62. The summed E-state index contributed by atoms with van der Waals surface area (Å²) in [7, 11) is 0. The van der Waals surface area contributed by atoms with Crippen LogP contribution in [-0.2, 0) is 6.54 Å². The number of nitrogens with zero attached hydrogens (tertiary/aromatic N) is 2. The van der Waals surface area contributed by atoms with Crippen molar-refractivity contribution in [2.24, 2.45) is 0 Å². The fourth-order valence-electron chi connectivity index (χ4n) is 2.82. The number of halogens is 1. The van der Waals surface area contributed by atoms with Gasteiger partial charge in [-0.3, -0.25) is 0 Å². The van der Waals surface area contributed by atoms with Gasteiger partial charge >= 0.3 is 6.03 Å². The second-order valence-electron chi connectivity index (χ2n) is 6.09. The highest BCUT2D eigenvalue weighted by Gasteiger charge is 2.21. The molecule has 0 unspecified atom stereocenters. The van der Waals surface area contributed by atoms with Gasteiger partial charge in [-0.15, -0.1) is 0 Å². The molecule has 0 saturated carbocycles. The van der Waals surface area contributed by atoms with Crippen molar-refractivity contribution in [3.05, 3.63) is 65.5 Å². The lowest BCUT2D eigenvalue weighted by Gasteiger charge is -2.36. The topological polar surface area (TPSA) is 35.6 Å². The minimum absolute atomic E-state index is 0.0330. The van der Waals surface area contributed by atoms with Crippen LogP contribution in [0.3, 0.4) is 0 Å². The Hall–Kier alpha value is -2.56. The summed E-state index contributed by atoms with van der Waals surface area (Å²) in [6, 6.07) is 14.6. The first kappa shape index (κ1) is 16.3. The van der Waals surface area contributed by atoms with E-state index in [1.54, 1.807) is 12.1 Å².